The van der Waals surface area contributed by atoms with Crippen LogP contribution in [0.25, 0.3) is 5.65 Å². The predicted molar refractivity (Wildman–Crippen MR) is 111 cm³/mol. The van der Waals surface area contributed by atoms with Gasteiger partial charge in [-0.25, -0.2) is 18.2 Å². The zero-order valence-corrected chi connectivity index (χ0v) is 17.1. The highest BCUT2D eigenvalue weighted by Gasteiger charge is 2.31. The molecule has 3 heterocycles. The summed E-state index contributed by atoms with van der Waals surface area (Å²) in [5, 5.41) is 1.57. The van der Waals surface area contributed by atoms with Gasteiger partial charge in [-0.3, -0.25) is 4.31 Å². The number of nitrogens with zero attached hydrogens (tertiary/aromatic N) is 3. The molecule has 0 unspecified atom stereocenters. The van der Waals surface area contributed by atoms with Crippen molar-refractivity contribution in [3.8, 4) is 0 Å². The van der Waals surface area contributed by atoms with Crippen LogP contribution in [0.3, 0.4) is 0 Å². The minimum absolute atomic E-state index is 0.0478. The summed E-state index contributed by atoms with van der Waals surface area (Å²) in [6.07, 6.45) is 3.48. The Morgan fingerprint density at radius 1 is 1.14 bits per heavy atom. The fourth-order valence-electron chi connectivity index (χ4n) is 3.02. The van der Waals surface area contributed by atoms with Crippen LogP contribution in [0.15, 0.2) is 77.3 Å². The van der Waals surface area contributed by atoms with Crippen LogP contribution < -0.4 is 4.31 Å². The van der Waals surface area contributed by atoms with Crippen molar-refractivity contribution in [3.63, 3.8) is 0 Å². The summed E-state index contributed by atoms with van der Waals surface area (Å²) in [7, 11) is -2.81. The molecule has 0 aliphatic heterocycles. The van der Waals surface area contributed by atoms with Crippen molar-refractivity contribution in [1.29, 1.82) is 0 Å². The minimum Gasteiger partial charge on any atom is -0.465 e. The summed E-state index contributed by atoms with van der Waals surface area (Å²) in [4.78, 5) is 16.4. The zero-order valence-electron chi connectivity index (χ0n) is 15.4. The Bertz CT molecular complexity index is 1260. The van der Waals surface area contributed by atoms with E-state index in [-0.39, 0.29) is 16.3 Å². The number of hydrogen-bond acceptors (Lipinski definition) is 6. The molecule has 0 saturated carbocycles. The van der Waals surface area contributed by atoms with E-state index in [1.54, 1.807) is 35.8 Å². The summed E-state index contributed by atoms with van der Waals surface area (Å²) in [5.41, 5.74) is 1.90. The van der Waals surface area contributed by atoms with Crippen LogP contribution in [0.4, 0.5) is 5.69 Å². The van der Waals surface area contributed by atoms with E-state index < -0.39 is 16.0 Å². The predicted octanol–water partition coefficient (Wildman–Crippen LogP) is 3.58. The number of carbonyl (C=O) groups is 1. The number of sulfonamides is 1. The first-order chi connectivity index (χ1) is 14.0. The van der Waals surface area contributed by atoms with Gasteiger partial charge in [0.15, 0.2) is 0 Å². The number of fused-ring (bicyclic) bond motifs is 1. The second-order valence-electron chi connectivity index (χ2n) is 6.13. The fourth-order valence-corrected chi connectivity index (χ4v) is 5.77. The number of rotatable bonds is 6. The highest BCUT2D eigenvalue weighted by Crippen LogP contribution is 2.30. The third-order valence-electron chi connectivity index (χ3n) is 4.41. The van der Waals surface area contributed by atoms with Crippen LogP contribution in [-0.2, 0) is 21.3 Å². The molecule has 9 heteroatoms. The Labute approximate surface area is 171 Å². The zero-order chi connectivity index (χ0) is 20.4. The van der Waals surface area contributed by atoms with Crippen molar-refractivity contribution in [3.05, 3.63) is 82.9 Å². The van der Waals surface area contributed by atoms with Gasteiger partial charge >= 0.3 is 5.97 Å². The Kier molecular flexibility index (Phi) is 5.08. The maximum absolute atomic E-state index is 13.6. The summed E-state index contributed by atoms with van der Waals surface area (Å²) in [5.74, 6) is -0.679. The van der Waals surface area contributed by atoms with E-state index in [0.717, 1.165) is 17.0 Å². The van der Waals surface area contributed by atoms with Crippen LogP contribution in [0.2, 0.25) is 0 Å². The van der Waals surface area contributed by atoms with E-state index in [1.165, 1.54) is 17.5 Å². The molecular formula is C20H17N3O4S2. The molecule has 0 fully saturated rings. The number of benzene rings is 1. The maximum atomic E-state index is 13.6. The smallest absolute Gasteiger partial charge is 0.349 e. The number of aromatic nitrogens is 2. The molecule has 0 N–H and O–H groups in total. The summed E-state index contributed by atoms with van der Waals surface area (Å²) in [6.45, 7) is 0.0496. The average Bonchev–Trinajstić information content (AvgIpc) is 3.40. The summed E-state index contributed by atoms with van der Waals surface area (Å²) in [6, 6.07) is 15.8. The van der Waals surface area contributed by atoms with Crippen LogP contribution in [0.1, 0.15) is 15.4 Å². The van der Waals surface area contributed by atoms with Gasteiger partial charge in [0.1, 0.15) is 15.4 Å². The molecule has 29 heavy (non-hydrogen) atoms. The number of hydrogen-bond donors (Lipinski definition) is 0. The lowest BCUT2D eigenvalue weighted by Gasteiger charge is -2.24. The van der Waals surface area contributed by atoms with Crippen LogP contribution in [-0.4, -0.2) is 30.9 Å². The van der Waals surface area contributed by atoms with Gasteiger partial charge in [-0.1, -0.05) is 24.3 Å². The fraction of sp³-hybridized carbons (Fsp3) is 0.100. The third kappa shape index (κ3) is 3.50. The molecule has 7 nitrogen and oxygen atoms in total. The lowest BCUT2D eigenvalue weighted by Crippen LogP contribution is -2.31. The number of ether oxygens (including phenoxy) is 1. The largest absolute Gasteiger partial charge is 0.465 e. The van der Waals surface area contributed by atoms with Crippen molar-refractivity contribution < 1.29 is 17.9 Å². The Morgan fingerprint density at radius 2 is 1.90 bits per heavy atom. The highest BCUT2D eigenvalue weighted by molar-refractivity contribution is 7.93. The first-order valence-electron chi connectivity index (χ1n) is 8.67. The summed E-state index contributed by atoms with van der Waals surface area (Å²) >= 11 is 1.03. The van der Waals surface area contributed by atoms with Gasteiger partial charge in [0, 0.05) is 6.20 Å². The van der Waals surface area contributed by atoms with E-state index in [9.17, 15) is 13.2 Å². The van der Waals surface area contributed by atoms with E-state index in [1.807, 2.05) is 34.9 Å². The molecule has 0 aliphatic carbocycles. The normalized spacial score (nSPS) is 11.5. The lowest BCUT2D eigenvalue weighted by atomic mass is 10.3. The van der Waals surface area contributed by atoms with E-state index in [0.29, 0.717) is 11.4 Å². The van der Waals surface area contributed by atoms with Crippen LogP contribution in [0.5, 0.6) is 0 Å². The Balaban J connectivity index is 1.83. The first kappa shape index (κ1) is 19.2. The van der Waals surface area contributed by atoms with E-state index in [2.05, 4.69) is 4.98 Å². The molecule has 0 bridgehead atoms. The van der Waals surface area contributed by atoms with Crippen LogP contribution in [0, 0.1) is 0 Å². The summed E-state index contributed by atoms with van der Waals surface area (Å²) < 4.78 is 35.0. The van der Waals surface area contributed by atoms with Crippen molar-refractivity contribution in [2.45, 2.75) is 11.4 Å². The second kappa shape index (κ2) is 7.69. The second-order valence-corrected chi connectivity index (χ2v) is 8.88. The molecule has 3 aromatic heterocycles. The number of imidazole rings is 1. The monoisotopic (exact) mass is 427 g/mol. The van der Waals surface area contributed by atoms with Gasteiger partial charge in [-0.15, -0.1) is 11.3 Å². The first-order valence-corrected chi connectivity index (χ1v) is 11.0. The number of carbonyl (C=O) groups excluding carboxylic acids is 1. The topological polar surface area (TPSA) is 81.0 Å². The van der Waals surface area contributed by atoms with E-state index >= 15 is 0 Å². The van der Waals surface area contributed by atoms with Crippen molar-refractivity contribution >= 4 is 38.7 Å². The van der Waals surface area contributed by atoms with Gasteiger partial charge in [-0.2, -0.15) is 0 Å². The highest BCUT2D eigenvalue weighted by atomic mass is 32.2. The van der Waals surface area contributed by atoms with Gasteiger partial charge in [0.25, 0.3) is 10.0 Å². The van der Waals surface area contributed by atoms with Gasteiger partial charge < -0.3 is 9.14 Å². The maximum Gasteiger partial charge on any atom is 0.349 e. The molecule has 4 aromatic rings. The molecule has 0 atom stereocenters. The minimum atomic E-state index is -4.04. The molecule has 1 aromatic carbocycles. The number of methoxy groups -OCH3 is 1. The number of thiophene rings is 1. The van der Waals surface area contributed by atoms with Crippen molar-refractivity contribution in [2.24, 2.45) is 0 Å². The Morgan fingerprint density at radius 3 is 2.66 bits per heavy atom. The van der Waals surface area contributed by atoms with Gasteiger partial charge in [0.2, 0.25) is 0 Å². The molecule has 0 aliphatic rings. The van der Waals surface area contributed by atoms with Crippen LogP contribution >= 0.6 is 11.3 Å². The molecular weight excluding hydrogens is 410 g/mol. The molecule has 4 rings (SSSR count). The number of para-hydroxylation sites is 1. The quantitative estimate of drug-likeness (QED) is 0.440. The van der Waals surface area contributed by atoms with Gasteiger partial charge in [0.05, 0.1) is 31.2 Å². The van der Waals surface area contributed by atoms with E-state index in [4.69, 9.17) is 4.74 Å². The molecule has 0 spiro atoms. The van der Waals surface area contributed by atoms with Gasteiger partial charge in [-0.05, 0) is 35.7 Å². The molecule has 148 valence electrons. The lowest BCUT2D eigenvalue weighted by molar-refractivity contribution is 0.0602. The molecule has 0 radical (unpaired) electrons. The van der Waals surface area contributed by atoms with Crippen molar-refractivity contribution in [1.82, 2.24) is 9.38 Å². The SMILES string of the molecule is COC(=O)c1sccc1S(=O)(=O)N(Cc1cnc2ccccn12)c1ccccc1. The number of pyridine rings is 1. The number of esters is 1. The Hall–Kier alpha value is -3.17. The van der Waals surface area contributed by atoms with Crippen molar-refractivity contribution in [2.75, 3.05) is 11.4 Å². The third-order valence-corrected chi connectivity index (χ3v) is 7.25. The standard InChI is InChI=1S/C20H17N3O4S2/c1-27-20(24)19-17(10-12-28-19)29(25,26)23(15-7-3-2-4-8-15)14-16-13-21-18-9-5-6-11-22(16)18/h2-13H,14H2,1H3. The number of anilines is 1. The average molecular weight is 428 g/mol. The molecule has 0 amide bonds. The molecule has 0 saturated heterocycles.